The van der Waals surface area contributed by atoms with Crippen LogP contribution in [0.2, 0.25) is 0 Å². The van der Waals surface area contributed by atoms with E-state index in [1.807, 2.05) is 6.92 Å². The zero-order valence-electron chi connectivity index (χ0n) is 21.6. The fraction of sp³-hybridized carbons (Fsp3) is 0.615. The number of aromatic nitrogens is 2. The molecule has 2 aromatic rings. The number of carbonyl (C=O) groups is 1. The molecule has 10 heteroatoms. The monoisotopic (exact) mass is 506 g/mol. The largest absolute Gasteiger partial charge is 0.444 e. The van der Waals surface area contributed by atoms with Gasteiger partial charge in [0.1, 0.15) is 35.8 Å². The number of nitrogens with zero attached hydrogens (tertiary/aromatic N) is 3. The topological polar surface area (TPSA) is 77.9 Å². The minimum absolute atomic E-state index is 0.0485. The maximum atomic E-state index is 14.7. The molecule has 1 amide bonds. The van der Waals surface area contributed by atoms with E-state index in [0.717, 1.165) is 42.0 Å². The predicted molar refractivity (Wildman–Crippen MR) is 129 cm³/mol. The first-order valence-corrected chi connectivity index (χ1v) is 12.5. The Hall–Kier alpha value is -2.56. The Bertz CT molecular complexity index is 1080. The maximum absolute atomic E-state index is 14.7. The molecule has 0 radical (unpaired) electrons. The van der Waals surface area contributed by atoms with Gasteiger partial charge in [-0.25, -0.2) is 18.6 Å². The number of amides is 1. The molecule has 3 heterocycles. The van der Waals surface area contributed by atoms with Gasteiger partial charge in [0.05, 0.1) is 24.0 Å². The van der Waals surface area contributed by atoms with E-state index < -0.39 is 35.5 Å². The number of carbonyl (C=O) groups excluding carboxylic acids is 1. The molecule has 2 aliphatic heterocycles. The van der Waals surface area contributed by atoms with Crippen molar-refractivity contribution in [2.45, 2.75) is 91.1 Å². The molecule has 2 aliphatic rings. The molecule has 8 nitrogen and oxygen atoms in total. The van der Waals surface area contributed by atoms with E-state index in [-0.39, 0.29) is 11.6 Å². The van der Waals surface area contributed by atoms with Crippen LogP contribution in [0.15, 0.2) is 18.2 Å². The second kappa shape index (κ2) is 10.8. The molecule has 198 valence electrons. The Morgan fingerprint density at radius 2 is 2.03 bits per heavy atom. The van der Waals surface area contributed by atoms with Crippen molar-refractivity contribution < 1.29 is 27.8 Å². The van der Waals surface area contributed by atoms with Crippen molar-refractivity contribution in [2.75, 3.05) is 13.2 Å². The molecule has 1 N–H and O–H groups in total. The highest BCUT2D eigenvalue weighted by molar-refractivity contribution is 5.68. The Labute approximate surface area is 210 Å². The number of halogens is 2. The van der Waals surface area contributed by atoms with Crippen molar-refractivity contribution in [1.29, 1.82) is 0 Å². The van der Waals surface area contributed by atoms with Crippen LogP contribution in [0, 0.1) is 11.6 Å². The number of imidazole rings is 1. The van der Waals surface area contributed by atoms with Gasteiger partial charge in [0.15, 0.2) is 0 Å². The summed E-state index contributed by atoms with van der Waals surface area (Å²) in [5.74, 6) is -0.212. The number of nitrogens with one attached hydrogen (secondary N) is 1. The number of hydrogen-bond donors (Lipinski definition) is 1. The quantitative estimate of drug-likeness (QED) is 0.598. The highest BCUT2D eigenvalue weighted by atomic mass is 19.1. The lowest BCUT2D eigenvalue weighted by molar-refractivity contribution is -0.0631. The molecule has 4 rings (SSSR count). The van der Waals surface area contributed by atoms with Crippen LogP contribution in [0.1, 0.15) is 69.9 Å². The normalized spacial score (nSPS) is 22.5. The first-order valence-electron chi connectivity index (χ1n) is 12.5. The summed E-state index contributed by atoms with van der Waals surface area (Å²) < 4.78 is 47.9. The third-order valence-electron chi connectivity index (χ3n) is 6.53. The predicted octanol–water partition coefficient (Wildman–Crippen LogP) is 4.46. The molecule has 0 bridgehead atoms. The van der Waals surface area contributed by atoms with Gasteiger partial charge in [0.25, 0.3) is 0 Å². The van der Waals surface area contributed by atoms with Crippen molar-refractivity contribution >= 4 is 6.09 Å². The summed E-state index contributed by atoms with van der Waals surface area (Å²) in [4.78, 5) is 19.7. The molecule has 1 aromatic heterocycles. The van der Waals surface area contributed by atoms with Crippen LogP contribution in [0.25, 0.3) is 0 Å². The van der Waals surface area contributed by atoms with Crippen molar-refractivity contribution in [3.8, 4) is 0 Å². The van der Waals surface area contributed by atoms with Crippen molar-refractivity contribution in [1.82, 2.24) is 19.8 Å². The van der Waals surface area contributed by atoms with E-state index in [2.05, 4.69) is 21.7 Å². The minimum Gasteiger partial charge on any atom is -0.444 e. The number of ether oxygens (including phenoxy) is 3. The van der Waals surface area contributed by atoms with Gasteiger partial charge in [0.2, 0.25) is 0 Å². The number of hydrogen-bond acceptors (Lipinski definition) is 6. The Morgan fingerprint density at radius 1 is 1.25 bits per heavy atom. The van der Waals surface area contributed by atoms with Gasteiger partial charge in [-0.15, -0.1) is 0 Å². The third kappa shape index (κ3) is 5.87. The van der Waals surface area contributed by atoms with Crippen molar-refractivity contribution in [3.05, 3.63) is 52.6 Å². The Morgan fingerprint density at radius 3 is 2.72 bits per heavy atom. The third-order valence-corrected chi connectivity index (χ3v) is 6.53. The smallest absolute Gasteiger partial charge is 0.407 e. The lowest BCUT2D eigenvalue weighted by Crippen LogP contribution is -2.52. The highest BCUT2D eigenvalue weighted by Crippen LogP contribution is 2.35. The summed E-state index contributed by atoms with van der Waals surface area (Å²) in [6.45, 7) is 12.9. The average molecular weight is 507 g/mol. The minimum atomic E-state index is -0.838. The van der Waals surface area contributed by atoms with E-state index in [4.69, 9.17) is 19.2 Å². The average Bonchev–Trinajstić information content (AvgIpc) is 3.35. The lowest BCUT2D eigenvalue weighted by Gasteiger charge is -2.40. The molecule has 0 aliphatic carbocycles. The molecule has 3 atom stereocenters. The van der Waals surface area contributed by atoms with Gasteiger partial charge in [-0.1, -0.05) is 0 Å². The zero-order chi connectivity index (χ0) is 26.0. The van der Waals surface area contributed by atoms with Crippen LogP contribution in [-0.2, 0) is 40.5 Å². The molecule has 0 saturated carbocycles. The fourth-order valence-corrected chi connectivity index (χ4v) is 4.97. The van der Waals surface area contributed by atoms with Gasteiger partial charge in [0, 0.05) is 37.8 Å². The Kier molecular flexibility index (Phi) is 7.96. The molecular weight excluding hydrogens is 470 g/mol. The molecule has 1 fully saturated rings. The number of benzene rings is 1. The summed E-state index contributed by atoms with van der Waals surface area (Å²) in [6, 6.07) is 2.62. The highest BCUT2D eigenvalue weighted by Gasteiger charge is 2.40. The van der Waals surface area contributed by atoms with Gasteiger partial charge >= 0.3 is 6.09 Å². The van der Waals surface area contributed by atoms with E-state index in [0.29, 0.717) is 39.3 Å². The first kappa shape index (κ1) is 26.5. The van der Waals surface area contributed by atoms with Crippen LogP contribution in [-0.4, -0.2) is 51.4 Å². The Balaban J connectivity index is 1.52. The van der Waals surface area contributed by atoms with E-state index >= 15 is 0 Å². The summed E-state index contributed by atoms with van der Waals surface area (Å²) in [7, 11) is 0. The standard InChI is InChI=1S/C26H36F2N4O4/c1-6-32-22-13-31(12-21(22)29-23(32)15-34-7-2)17-11-20(30-25(33)36-26(3,4)5)24(35-14-17)18-10-16(27)8-9-19(18)28/h8-10,17,20,24H,6-7,11-15H2,1-5H3,(H,30,33)/t17?,20?,24-/m1/s1. The van der Waals surface area contributed by atoms with Crippen LogP contribution < -0.4 is 5.32 Å². The summed E-state index contributed by atoms with van der Waals surface area (Å²) >= 11 is 0. The lowest BCUT2D eigenvalue weighted by atomic mass is 9.92. The molecular formula is C26H36F2N4O4. The summed E-state index contributed by atoms with van der Waals surface area (Å²) in [5.41, 5.74) is 1.56. The first-order chi connectivity index (χ1) is 17.1. The van der Waals surface area contributed by atoms with Crippen molar-refractivity contribution in [2.24, 2.45) is 0 Å². The second-order valence-corrected chi connectivity index (χ2v) is 10.3. The van der Waals surface area contributed by atoms with E-state index in [1.165, 1.54) is 0 Å². The summed E-state index contributed by atoms with van der Waals surface area (Å²) in [6.07, 6.45) is -0.972. The van der Waals surface area contributed by atoms with E-state index in [9.17, 15) is 13.6 Å². The molecule has 0 spiro atoms. The summed E-state index contributed by atoms with van der Waals surface area (Å²) in [5, 5.41) is 2.85. The fourth-order valence-electron chi connectivity index (χ4n) is 4.97. The second-order valence-electron chi connectivity index (χ2n) is 10.3. The van der Waals surface area contributed by atoms with Crippen LogP contribution >= 0.6 is 0 Å². The maximum Gasteiger partial charge on any atom is 0.407 e. The van der Waals surface area contributed by atoms with Gasteiger partial charge in [-0.3, -0.25) is 4.90 Å². The molecule has 1 saturated heterocycles. The molecule has 2 unspecified atom stereocenters. The van der Waals surface area contributed by atoms with Gasteiger partial charge in [-0.05, 0) is 59.2 Å². The van der Waals surface area contributed by atoms with Gasteiger partial charge < -0.3 is 24.1 Å². The van der Waals surface area contributed by atoms with Crippen molar-refractivity contribution in [3.63, 3.8) is 0 Å². The number of rotatable bonds is 7. The van der Waals surface area contributed by atoms with Gasteiger partial charge in [-0.2, -0.15) is 0 Å². The van der Waals surface area contributed by atoms with Crippen LogP contribution in [0.3, 0.4) is 0 Å². The molecule has 36 heavy (non-hydrogen) atoms. The molecule has 1 aromatic carbocycles. The van der Waals surface area contributed by atoms with Crippen LogP contribution in [0.5, 0.6) is 0 Å². The SMILES string of the molecule is CCOCc1nc2c(n1CC)CN(C1CO[C@H](c3cc(F)ccc3F)C(NC(=O)OC(C)(C)C)C1)C2. The zero-order valence-corrected chi connectivity index (χ0v) is 21.6. The number of fused-ring (bicyclic) bond motifs is 1. The van der Waals surface area contributed by atoms with E-state index in [1.54, 1.807) is 20.8 Å². The number of alkyl carbamates (subject to hydrolysis) is 1. The van der Waals surface area contributed by atoms with Crippen LogP contribution in [0.4, 0.5) is 13.6 Å².